The fourth-order valence-electron chi connectivity index (χ4n) is 3.47. The third-order valence-electron chi connectivity index (χ3n) is 4.89. The number of hydrogen-bond acceptors (Lipinski definition) is 2. The van der Waals surface area contributed by atoms with Crippen LogP contribution in [0.15, 0.2) is 96.8 Å². The molecule has 1 aliphatic heterocycles. The minimum absolute atomic E-state index is 0.257. The van der Waals surface area contributed by atoms with Crippen LogP contribution in [0, 0.1) is 18.4 Å². The molecule has 0 fully saturated rings. The molecule has 3 aromatic carbocycles. The van der Waals surface area contributed by atoms with Crippen molar-refractivity contribution in [2.45, 2.75) is 11.8 Å². The SMILES string of the molecule is [C-]#[N+]c1ccc([C@H]2C(=O)OC=C(C#Cc3ccccc3)[C@H]2c2ccccc2)cc1. The van der Waals surface area contributed by atoms with Crippen LogP contribution in [0.3, 0.4) is 0 Å². The van der Waals surface area contributed by atoms with Crippen LogP contribution in [-0.2, 0) is 9.53 Å². The molecule has 138 valence electrons. The number of ether oxygens (including phenoxy) is 1. The van der Waals surface area contributed by atoms with Crippen LogP contribution in [0.4, 0.5) is 5.69 Å². The van der Waals surface area contributed by atoms with E-state index in [2.05, 4.69) is 16.7 Å². The Kier molecular flexibility index (Phi) is 5.23. The molecule has 4 rings (SSSR count). The third-order valence-corrected chi connectivity index (χ3v) is 4.89. The van der Waals surface area contributed by atoms with E-state index in [1.807, 2.05) is 72.8 Å². The maximum absolute atomic E-state index is 12.8. The molecular formula is C26H17NO2. The van der Waals surface area contributed by atoms with Gasteiger partial charge in [-0.05, 0) is 23.3 Å². The fourth-order valence-corrected chi connectivity index (χ4v) is 3.47. The number of benzene rings is 3. The van der Waals surface area contributed by atoms with E-state index in [1.165, 1.54) is 6.26 Å². The van der Waals surface area contributed by atoms with Crippen LogP contribution >= 0.6 is 0 Å². The molecule has 0 amide bonds. The van der Waals surface area contributed by atoms with E-state index in [0.717, 1.165) is 22.3 Å². The second-order valence-corrected chi connectivity index (χ2v) is 6.70. The van der Waals surface area contributed by atoms with Crippen molar-refractivity contribution in [2.75, 3.05) is 0 Å². The average Bonchev–Trinajstić information content (AvgIpc) is 2.79. The van der Waals surface area contributed by atoms with Crippen LogP contribution in [0.25, 0.3) is 4.85 Å². The van der Waals surface area contributed by atoms with E-state index in [0.29, 0.717) is 5.69 Å². The van der Waals surface area contributed by atoms with Gasteiger partial charge in [-0.1, -0.05) is 84.6 Å². The van der Waals surface area contributed by atoms with Crippen LogP contribution < -0.4 is 0 Å². The molecule has 29 heavy (non-hydrogen) atoms. The Morgan fingerprint density at radius 2 is 1.38 bits per heavy atom. The zero-order valence-electron chi connectivity index (χ0n) is 15.6. The Balaban J connectivity index is 1.79. The van der Waals surface area contributed by atoms with Gasteiger partial charge in [0.1, 0.15) is 6.26 Å². The summed E-state index contributed by atoms with van der Waals surface area (Å²) in [6, 6.07) is 26.7. The van der Waals surface area contributed by atoms with Gasteiger partial charge in [0, 0.05) is 17.1 Å². The molecule has 0 bridgehead atoms. The monoisotopic (exact) mass is 375 g/mol. The molecule has 0 N–H and O–H groups in total. The minimum atomic E-state index is -0.526. The highest BCUT2D eigenvalue weighted by molar-refractivity contribution is 5.83. The highest BCUT2D eigenvalue weighted by atomic mass is 16.5. The van der Waals surface area contributed by atoms with Crippen molar-refractivity contribution < 1.29 is 9.53 Å². The Bertz CT molecular complexity index is 1140. The summed E-state index contributed by atoms with van der Waals surface area (Å²) >= 11 is 0. The fraction of sp³-hybridized carbons (Fsp3) is 0.0769. The zero-order chi connectivity index (χ0) is 20.1. The maximum Gasteiger partial charge on any atom is 0.319 e. The van der Waals surface area contributed by atoms with Crippen molar-refractivity contribution in [1.29, 1.82) is 0 Å². The first-order valence-electron chi connectivity index (χ1n) is 9.26. The van der Waals surface area contributed by atoms with E-state index in [1.54, 1.807) is 12.1 Å². The number of rotatable bonds is 2. The second kappa shape index (κ2) is 8.30. The van der Waals surface area contributed by atoms with E-state index in [-0.39, 0.29) is 11.9 Å². The Hall–Kier alpha value is -4.08. The molecule has 0 aromatic heterocycles. The standard InChI is InChI=1S/C26H17NO2/c1-27-23-16-14-21(15-17-23)25-24(20-10-6-3-7-11-20)22(18-29-26(25)28)13-12-19-8-4-2-5-9-19/h2-11,14-18,24-25H/t24-,25-/m1/s1. The van der Waals surface area contributed by atoms with Crippen molar-refractivity contribution in [1.82, 2.24) is 0 Å². The third kappa shape index (κ3) is 3.95. The first-order valence-corrected chi connectivity index (χ1v) is 9.26. The van der Waals surface area contributed by atoms with E-state index < -0.39 is 5.92 Å². The van der Waals surface area contributed by atoms with Gasteiger partial charge in [0.25, 0.3) is 0 Å². The highest BCUT2D eigenvalue weighted by Gasteiger charge is 2.37. The topological polar surface area (TPSA) is 30.7 Å². The lowest BCUT2D eigenvalue weighted by molar-refractivity contribution is -0.141. The summed E-state index contributed by atoms with van der Waals surface area (Å²) in [5.41, 5.74) is 3.99. The largest absolute Gasteiger partial charge is 0.433 e. The quantitative estimate of drug-likeness (QED) is 0.332. The molecule has 0 saturated heterocycles. The number of carbonyl (C=O) groups excluding carboxylic acids is 1. The summed E-state index contributed by atoms with van der Waals surface area (Å²) in [6.45, 7) is 7.15. The molecule has 3 heteroatoms. The summed E-state index contributed by atoms with van der Waals surface area (Å²) in [5.74, 6) is 5.28. The Labute approximate surface area is 170 Å². The summed E-state index contributed by atoms with van der Waals surface area (Å²) < 4.78 is 5.39. The molecule has 1 heterocycles. The van der Waals surface area contributed by atoms with Gasteiger partial charge in [-0.3, -0.25) is 4.79 Å². The van der Waals surface area contributed by atoms with Gasteiger partial charge >= 0.3 is 5.97 Å². The van der Waals surface area contributed by atoms with Gasteiger partial charge in [0.15, 0.2) is 5.69 Å². The lowest BCUT2D eigenvalue weighted by Gasteiger charge is -2.29. The van der Waals surface area contributed by atoms with Crippen LogP contribution in [0.2, 0.25) is 0 Å². The summed E-state index contributed by atoms with van der Waals surface area (Å²) in [6.07, 6.45) is 1.47. The predicted octanol–water partition coefficient (Wildman–Crippen LogP) is 5.60. The number of nitrogens with zero attached hydrogens (tertiary/aromatic N) is 1. The minimum Gasteiger partial charge on any atom is -0.433 e. The summed E-state index contributed by atoms with van der Waals surface area (Å²) in [7, 11) is 0. The normalized spacial score (nSPS) is 17.9. The number of allylic oxidation sites excluding steroid dienone is 1. The smallest absolute Gasteiger partial charge is 0.319 e. The molecule has 1 aliphatic rings. The molecule has 0 aliphatic carbocycles. The van der Waals surface area contributed by atoms with Gasteiger partial charge in [0.2, 0.25) is 0 Å². The Morgan fingerprint density at radius 3 is 2.03 bits per heavy atom. The number of cyclic esters (lactones) is 1. The zero-order valence-corrected chi connectivity index (χ0v) is 15.6. The van der Waals surface area contributed by atoms with Crippen molar-refractivity contribution in [3.8, 4) is 11.8 Å². The van der Waals surface area contributed by atoms with E-state index in [9.17, 15) is 4.79 Å². The summed E-state index contributed by atoms with van der Waals surface area (Å²) in [5, 5.41) is 0. The predicted molar refractivity (Wildman–Crippen MR) is 112 cm³/mol. The van der Waals surface area contributed by atoms with Gasteiger partial charge in [-0.2, -0.15) is 0 Å². The molecule has 0 saturated carbocycles. The van der Waals surface area contributed by atoms with Crippen LogP contribution in [0.1, 0.15) is 28.5 Å². The van der Waals surface area contributed by atoms with Crippen molar-refractivity contribution in [2.24, 2.45) is 0 Å². The molecule has 3 nitrogen and oxygen atoms in total. The van der Waals surface area contributed by atoms with Crippen LogP contribution in [-0.4, -0.2) is 5.97 Å². The molecule has 0 spiro atoms. The van der Waals surface area contributed by atoms with E-state index in [4.69, 9.17) is 11.3 Å². The molecule has 0 unspecified atom stereocenters. The van der Waals surface area contributed by atoms with Crippen LogP contribution in [0.5, 0.6) is 0 Å². The van der Waals surface area contributed by atoms with Gasteiger partial charge in [-0.25, -0.2) is 4.85 Å². The number of carbonyl (C=O) groups is 1. The van der Waals surface area contributed by atoms with Crippen molar-refractivity contribution in [3.05, 3.63) is 125 Å². The number of esters is 1. The first-order chi connectivity index (χ1) is 14.3. The molecule has 3 aromatic rings. The first kappa shape index (κ1) is 18.3. The second-order valence-electron chi connectivity index (χ2n) is 6.70. The molecule has 2 atom stereocenters. The maximum atomic E-state index is 12.8. The highest BCUT2D eigenvalue weighted by Crippen LogP contribution is 2.42. The molecule has 0 radical (unpaired) electrons. The lowest BCUT2D eigenvalue weighted by Crippen LogP contribution is -2.26. The van der Waals surface area contributed by atoms with Crippen molar-refractivity contribution >= 4 is 11.7 Å². The van der Waals surface area contributed by atoms with Crippen molar-refractivity contribution in [3.63, 3.8) is 0 Å². The van der Waals surface area contributed by atoms with Gasteiger partial charge in [-0.15, -0.1) is 0 Å². The number of hydrogen-bond donors (Lipinski definition) is 0. The average molecular weight is 375 g/mol. The van der Waals surface area contributed by atoms with Gasteiger partial charge < -0.3 is 4.74 Å². The Morgan fingerprint density at radius 1 is 0.759 bits per heavy atom. The van der Waals surface area contributed by atoms with E-state index >= 15 is 0 Å². The lowest BCUT2D eigenvalue weighted by atomic mass is 9.76. The van der Waals surface area contributed by atoms with Gasteiger partial charge in [0.05, 0.1) is 12.5 Å². The summed E-state index contributed by atoms with van der Waals surface area (Å²) in [4.78, 5) is 16.2. The molecular weight excluding hydrogens is 358 g/mol.